The summed E-state index contributed by atoms with van der Waals surface area (Å²) in [5.41, 5.74) is 1.94. The van der Waals surface area contributed by atoms with E-state index in [9.17, 15) is 13.2 Å². The molecule has 35 heavy (non-hydrogen) atoms. The highest BCUT2D eigenvalue weighted by Crippen LogP contribution is 2.14. The molecule has 0 unspecified atom stereocenters. The Labute approximate surface area is 208 Å². The predicted molar refractivity (Wildman–Crippen MR) is 140 cm³/mol. The maximum absolute atomic E-state index is 13.2. The lowest BCUT2D eigenvalue weighted by atomic mass is 10.2. The number of aromatic nitrogens is 2. The summed E-state index contributed by atoms with van der Waals surface area (Å²) in [5, 5.41) is 5.93. The summed E-state index contributed by atoms with van der Waals surface area (Å²) in [5.74, 6) is 0.156. The van der Waals surface area contributed by atoms with Gasteiger partial charge in [0.1, 0.15) is 10.6 Å². The number of thiocarbonyl (C=S) groups is 1. The molecule has 0 atom stereocenters. The fourth-order valence-corrected chi connectivity index (χ4v) is 4.80. The quantitative estimate of drug-likeness (QED) is 0.217. The van der Waals surface area contributed by atoms with Gasteiger partial charge in [-0.2, -0.15) is 12.8 Å². The zero-order chi connectivity index (χ0) is 25.0. The number of amidine groups is 1. The van der Waals surface area contributed by atoms with Gasteiger partial charge in [0.25, 0.3) is 16.5 Å². The van der Waals surface area contributed by atoms with Gasteiger partial charge in [0.15, 0.2) is 0 Å². The van der Waals surface area contributed by atoms with Gasteiger partial charge in [0.2, 0.25) is 0 Å². The molecule has 10 heteroatoms. The molecule has 4 aromatic rings. The van der Waals surface area contributed by atoms with Crippen LogP contribution in [0.4, 0.5) is 5.69 Å². The van der Waals surface area contributed by atoms with Crippen LogP contribution in [0.15, 0.2) is 101 Å². The van der Waals surface area contributed by atoms with E-state index in [0.717, 1.165) is 0 Å². The molecule has 3 aromatic carbocycles. The second-order valence-corrected chi connectivity index (χ2v) is 9.77. The molecular formula is C25H24N5O3S2+. The van der Waals surface area contributed by atoms with E-state index in [1.165, 1.54) is 16.8 Å². The average molecular weight is 507 g/mol. The van der Waals surface area contributed by atoms with E-state index in [4.69, 9.17) is 12.2 Å². The summed E-state index contributed by atoms with van der Waals surface area (Å²) in [6.07, 6.45) is 0. The van der Waals surface area contributed by atoms with Crippen LogP contribution in [0.5, 0.6) is 0 Å². The standard InChI is InChI=1S/C25H23N5O3S2/c1-18-22(24(31)30(29(18)2)20-14-8-4-9-15-20)26-25(34)27-23(19-12-6-3-7-13-19)28-35(32,33)21-16-10-5-11-17-21/h3-17H,1-2H3,(H2,26,27,28,34)/p+1. The monoisotopic (exact) mass is 506 g/mol. The normalized spacial score (nSPS) is 11.8. The first-order valence-electron chi connectivity index (χ1n) is 10.7. The maximum Gasteiger partial charge on any atom is 0.328 e. The van der Waals surface area contributed by atoms with Gasteiger partial charge in [0, 0.05) is 7.05 Å². The van der Waals surface area contributed by atoms with Crippen molar-refractivity contribution in [3.05, 3.63) is 113 Å². The van der Waals surface area contributed by atoms with Crippen LogP contribution in [-0.4, -0.2) is 28.7 Å². The molecule has 0 radical (unpaired) electrons. The topological polar surface area (TPSA) is 99.1 Å². The molecule has 178 valence electrons. The third-order valence-electron chi connectivity index (χ3n) is 5.38. The summed E-state index contributed by atoms with van der Waals surface area (Å²) in [6.45, 7) is 1.80. The minimum atomic E-state index is -3.89. The van der Waals surface area contributed by atoms with Crippen molar-refractivity contribution in [3.63, 3.8) is 0 Å². The molecule has 3 N–H and O–H groups in total. The van der Waals surface area contributed by atoms with Crippen LogP contribution in [0.2, 0.25) is 0 Å². The summed E-state index contributed by atoms with van der Waals surface area (Å²) in [6, 6.07) is 26.2. The van der Waals surface area contributed by atoms with Crippen molar-refractivity contribution in [3.8, 4) is 5.69 Å². The SMILES string of the molecule is Cc1c(NC(=S)NC(=[NH+]S(=O)(=O)c2ccccc2)c2ccccc2)c(=O)n(-c2ccccc2)n1C. The Morgan fingerprint density at radius 2 is 1.43 bits per heavy atom. The molecule has 8 nitrogen and oxygen atoms in total. The van der Waals surface area contributed by atoms with E-state index in [1.807, 2.05) is 36.4 Å². The molecule has 0 aliphatic carbocycles. The lowest BCUT2D eigenvalue weighted by Crippen LogP contribution is -2.79. The van der Waals surface area contributed by atoms with Crippen LogP contribution in [-0.2, 0) is 17.1 Å². The first-order valence-corrected chi connectivity index (χ1v) is 12.6. The van der Waals surface area contributed by atoms with Gasteiger partial charge in [-0.1, -0.05) is 54.6 Å². The highest BCUT2D eigenvalue weighted by atomic mass is 32.2. The van der Waals surface area contributed by atoms with Crippen LogP contribution in [0, 0.1) is 6.92 Å². The molecular weight excluding hydrogens is 482 g/mol. The van der Waals surface area contributed by atoms with Crippen molar-refractivity contribution < 1.29 is 12.8 Å². The lowest BCUT2D eigenvalue weighted by molar-refractivity contribution is -0.269. The molecule has 0 fully saturated rings. The van der Waals surface area contributed by atoms with E-state index in [2.05, 4.69) is 15.0 Å². The minimum absolute atomic E-state index is 0.0608. The molecule has 0 bridgehead atoms. The smallest absolute Gasteiger partial charge is 0.307 e. The Balaban J connectivity index is 1.67. The third-order valence-corrected chi connectivity index (χ3v) is 6.95. The van der Waals surface area contributed by atoms with Gasteiger partial charge in [-0.15, -0.1) is 0 Å². The van der Waals surface area contributed by atoms with Gasteiger partial charge < -0.3 is 5.32 Å². The minimum Gasteiger partial charge on any atom is -0.307 e. The summed E-state index contributed by atoms with van der Waals surface area (Å²) < 4.78 is 31.8. The largest absolute Gasteiger partial charge is 0.328 e. The molecule has 0 aliphatic heterocycles. The number of rotatable bonds is 5. The Hall–Kier alpha value is -4.02. The Kier molecular flexibility index (Phi) is 6.94. The highest BCUT2D eigenvalue weighted by molar-refractivity contribution is 7.84. The predicted octanol–water partition coefficient (Wildman–Crippen LogP) is 1.69. The Morgan fingerprint density at radius 3 is 2.03 bits per heavy atom. The van der Waals surface area contributed by atoms with Crippen LogP contribution >= 0.6 is 12.2 Å². The van der Waals surface area contributed by atoms with E-state index < -0.39 is 10.0 Å². The molecule has 0 aliphatic rings. The molecule has 0 saturated heterocycles. The number of hydrogen-bond donors (Lipinski definition) is 3. The number of hydrogen-bond acceptors (Lipinski definition) is 4. The average Bonchev–Trinajstić information content (AvgIpc) is 3.08. The van der Waals surface area contributed by atoms with Crippen LogP contribution in [0.3, 0.4) is 0 Å². The summed E-state index contributed by atoms with van der Waals surface area (Å²) >= 11 is 5.47. The number of sulfonamides is 1. The van der Waals surface area contributed by atoms with E-state index in [-0.39, 0.29) is 27.1 Å². The summed E-state index contributed by atoms with van der Waals surface area (Å²) in [4.78, 5) is 13.3. The van der Waals surface area contributed by atoms with Crippen LogP contribution in [0.25, 0.3) is 5.69 Å². The molecule has 1 heterocycles. The van der Waals surface area contributed by atoms with Crippen molar-refractivity contribution in [2.24, 2.45) is 7.05 Å². The van der Waals surface area contributed by atoms with Crippen molar-refractivity contribution in [2.45, 2.75) is 11.8 Å². The zero-order valence-electron chi connectivity index (χ0n) is 19.1. The Bertz CT molecular complexity index is 1540. The fraction of sp³-hybridized carbons (Fsp3) is 0.0800. The molecule has 0 spiro atoms. The first kappa shape index (κ1) is 24.1. The van der Waals surface area contributed by atoms with Crippen LogP contribution < -0.4 is 20.6 Å². The maximum atomic E-state index is 13.2. The van der Waals surface area contributed by atoms with Crippen LogP contribution in [0.1, 0.15) is 11.3 Å². The highest BCUT2D eigenvalue weighted by Gasteiger charge is 2.23. The van der Waals surface area contributed by atoms with Crippen molar-refractivity contribution in [1.29, 1.82) is 0 Å². The second-order valence-electron chi connectivity index (χ2n) is 7.68. The number of nitrogens with one attached hydrogen (secondary N) is 3. The number of benzene rings is 3. The van der Waals surface area contributed by atoms with Gasteiger partial charge in [-0.3, -0.25) is 9.48 Å². The number of anilines is 1. The van der Waals surface area contributed by atoms with Crippen molar-refractivity contribution >= 4 is 38.9 Å². The third kappa shape index (κ3) is 5.23. The van der Waals surface area contributed by atoms with E-state index in [1.54, 1.807) is 61.1 Å². The van der Waals surface area contributed by atoms with Gasteiger partial charge in [0.05, 0.1) is 16.9 Å². The summed E-state index contributed by atoms with van der Waals surface area (Å²) in [7, 11) is -2.11. The van der Waals surface area contributed by atoms with E-state index in [0.29, 0.717) is 16.9 Å². The molecule has 1 aromatic heterocycles. The first-order chi connectivity index (χ1) is 16.8. The van der Waals surface area contributed by atoms with Gasteiger partial charge >= 0.3 is 10.0 Å². The van der Waals surface area contributed by atoms with Gasteiger partial charge in [-0.05, 0) is 55.5 Å². The molecule has 0 saturated carbocycles. The Morgan fingerprint density at radius 1 is 0.886 bits per heavy atom. The number of nitrogens with zero attached hydrogens (tertiary/aromatic N) is 2. The van der Waals surface area contributed by atoms with E-state index >= 15 is 0 Å². The fourth-order valence-electron chi connectivity index (χ4n) is 3.52. The molecule has 4 rings (SSSR count). The second kappa shape index (κ2) is 10.1. The van der Waals surface area contributed by atoms with Gasteiger partial charge in [-0.25, -0.2) is 10.00 Å². The molecule has 0 amide bonds. The zero-order valence-corrected chi connectivity index (χ0v) is 20.7. The lowest BCUT2D eigenvalue weighted by Gasteiger charge is -2.07. The van der Waals surface area contributed by atoms with Crippen molar-refractivity contribution in [2.75, 3.05) is 5.32 Å². The van der Waals surface area contributed by atoms with Crippen molar-refractivity contribution in [1.82, 2.24) is 14.7 Å². The number of para-hydroxylation sites is 1.